The van der Waals surface area contributed by atoms with Crippen LogP contribution < -0.4 is 14.8 Å². The summed E-state index contributed by atoms with van der Waals surface area (Å²) in [7, 11) is 3.14. The van der Waals surface area contributed by atoms with Crippen LogP contribution in [0.3, 0.4) is 0 Å². The zero-order valence-electron chi connectivity index (χ0n) is 15.6. The number of amides is 1. The maximum Gasteiger partial charge on any atom is 0.251 e. The van der Waals surface area contributed by atoms with Gasteiger partial charge in [0.05, 0.1) is 20.3 Å². The Bertz CT molecular complexity index is 708. The Kier molecular flexibility index (Phi) is 6.45. The second kappa shape index (κ2) is 8.56. The molecule has 1 N–H and O–H groups in total. The third-order valence-electron chi connectivity index (χ3n) is 4.35. The summed E-state index contributed by atoms with van der Waals surface area (Å²) in [5, 5.41) is 3.14. The molecule has 0 spiro atoms. The van der Waals surface area contributed by atoms with Gasteiger partial charge in [0.2, 0.25) is 0 Å². The van der Waals surface area contributed by atoms with Gasteiger partial charge in [-0.05, 0) is 41.7 Å². The van der Waals surface area contributed by atoms with Gasteiger partial charge in [0.15, 0.2) is 11.5 Å². The summed E-state index contributed by atoms with van der Waals surface area (Å²) in [4.78, 5) is 12.7. The molecule has 0 saturated heterocycles. The molecule has 4 heteroatoms. The summed E-state index contributed by atoms with van der Waals surface area (Å²) in [6.07, 6.45) is 1.00. The van der Waals surface area contributed by atoms with E-state index in [0.717, 1.165) is 12.0 Å². The molecule has 134 valence electrons. The van der Waals surface area contributed by atoms with Gasteiger partial charge in [0.1, 0.15) is 0 Å². The smallest absolute Gasteiger partial charge is 0.251 e. The van der Waals surface area contributed by atoms with Crippen molar-refractivity contribution in [1.82, 2.24) is 5.32 Å². The minimum absolute atomic E-state index is 0.0495. The van der Waals surface area contributed by atoms with Crippen LogP contribution in [0.4, 0.5) is 0 Å². The fourth-order valence-electron chi connectivity index (χ4n) is 2.80. The Labute approximate surface area is 150 Å². The van der Waals surface area contributed by atoms with E-state index < -0.39 is 0 Å². The predicted octanol–water partition coefficient (Wildman–Crippen LogP) is 4.39. The van der Waals surface area contributed by atoms with Crippen molar-refractivity contribution in [3.63, 3.8) is 0 Å². The number of nitrogens with one attached hydrogen (secondary N) is 1. The van der Waals surface area contributed by atoms with Crippen molar-refractivity contribution in [3.8, 4) is 11.5 Å². The zero-order valence-corrected chi connectivity index (χ0v) is 15.6. The SMILES string of the molecule is CCc1ccc(C(NC(=O)c2ccc(OC)c(OC)c2)C(C)C)cc1. The molecule has 0 saturated carbocycles. The lowest BCUT2D eigenvalue weighted by atomic mass is 9.94. The molecule has 25 heavy (non-hydrogen) atoms. The molecule has 0 aliphatic carbocycles. The molecule has 0 bridgehead atoms. The van der Waals surface area contributed by atoms with Gasteiger partial charge >= 0.3 is 0 Å². The van der Waals surface area contributed by atoms with E-state index in [1.807, 2.05) is 0 Å². The number of carbonyl (C=O) groups is 1. The molecule has 0 aliphatic heterocycles. The van der Waals surface area contributed by atoms with Gasteiger partial charge < -0.3 is 14.8 Å². The first-order valence-electron chi connectivity index (χ1n) is 8.61. The minimum atomic E-state index is -0.126. The summed E-state index contributed by atoms with van der Waals surface area (Å²) < 4.78 is 10.5. The van der Waals surface area contributed by atoms with E-state index in [2.05, 4.69) is 50.4 Å². The fraction of sp³-hybridized carbons (Fsp3) is 0.381. The van der Waals surface area contributed by atoms with E-state index in [4.69, 9.17) is 9.47 Å². The van der Waals surface area contributed by atoms with Crippen LogP contribution in [0.15, 0.2) is 42.5 Å². The number of hydrogen-bond donors (Lipinski definition) is 1. The van der Waals surface area contributed by atoms with Crippen molar-refractivity contribution in [2.75, 3.05) is 14.2 Å². The molecule has 0 heterocycles. The second-order valence-electron chi connectivity index (χ2n) is 6.36. The van der Waals surface area contributed by atoms with E-state index in [-0.39, 0.29) is 17.9 Å². The van der Waals surface area contributed by atoms with Crippen LogP contribution >= 0.6 is 0 Å². The van der Waals surface area contributed by atoms with E-state index in [1.165, 1.54) is 5.56 Å². The lowest BCUT2D eigenvalue weighted by Gasteiger charge is -2.23. The Morgan fingerprint density at radius 3 is 2.16 bits per heavy atom. The van der Waals surface area contributed by atoms with Crippen molar-refractivity contribution in [2.24, 2.45) is 5.92 Å². The molecule has 4 nitrogen and oxygen atoms in total. The van der Waals surface area contributed by atoms with Crippen LogP contribution in [-0.4, -0.2) is 20.1 Å². The van der Waals surface area contributed by atoms with Crippen molar-refractivity contribution in [3.05, 3.63) is 59.2 Å². The molecule has 1 unspecified atom stereocenters. The summed E-state index contributed by atoms with van der Waals surface area (Å²) >= 11 is 0. The van der Waals surface area contributed by atoms with Crippen LogP contribution in [0.5, 0.6) is 11.5 Å². The van der Waals surface area contributed by atoms with Gasteiger partial charge in [-0.2, -0.15) is 0 Å². The number of rotatable bonds is 7. The third kappa shape index (κ3) is 4.53. The molecule has 0 aliphatic rings. The lowest BCUT2D eigenvalue weighted by molar-refractivity contribution is 0.0925. The van der Waals surface area contributed by atoms with Crippen LogP contribution in [-0.2, 0) is 6.42 Å². The molecule has 0 aromatic heterocycles. The van der Waals surface area contributed by atoms with Crippen LogP contribution in [0, 0.1) is 5.92 Å². The zero-order chi connectivity index (χ0) is 18.4. The molecular weight excluding hydrogens is 314 g/mol. The summed E-state index contributed by atoms with van der Waals surface area (Å²) in [6, 6.07) is 13.6. The standard InChI is InChI=1S/C21H27NO3/c1-6-15-7-9-16(10-8-15)20(14(2)3)22-21(23)17-11-12-18(24-4)19(13-17)25-5/h7-14,20H,6H2,1-5H3,(H,22,23). The molecule has 1 atom stereocenters. The lowest BCUT2D eigenvalue weighted by Crippen LogP contribution is -2.31. The quantitative estimate of drug-likeness (QED) is 0.812. The van der Waals surface area contributed by atoms with Gasteiger partial charge in [0, 0.05) is 5.56 Å². The van der Waals surface area contributed by atoms with Gasteiger partial charge in [-0.25, -0.2) is 0 Å². The Balaban J connectivity index is 2.22. The average Bonchev–Trinajstić information content (AvgIpc) is 2.65. The summed E-state index contributed by atoms with van der Waals surface area (Å²) in [5.74, 6) is 1.30. The number of methoxy groups -OCH3 is 2. The van der Waals surface area contributed by atoms with Crippen molar-refractivity contribution in [2.45, 2.75) is 33.2 Å². The Morgan fingerprint density at radius 1 is 1.00 bits per heavy atom. The highest BCUT2D eigenvalue weighted by molar-refractivity contribution is 5.95. The number of benzene rings is 2. The molecule has 0 radical (unpaired) electrons. The highest BCUT2D eigenvalue weighted by Gasteiger charge is 2.20. The highest BCUT2D eigenvalue weighted by Crippen LogP contribution is 2.28. The molecule has 2 aromatic rings. The van der Waals surface area contributed by atoms with Crippen molar-refractivity contribution >= 4 is 5.91 Å². The number of carbonyl (C=O) groups excluding carboxylic acids is 1. The monoisotopic (exact) mass is 341 g/mol. The van der Waals surface area contributed by atoms with E-state index in [1.54, 1.807) is 32.4 Å². The van der Waals surface area contributed by atoms with Gasteiger partial charge in [-0.1, -0.05) is 45.0 Å². The second-order valence-corrected chi connectivity index (χ2v) is 6.36. The molecular formula is C21H27NO3. The van der Waals surface area contributed by atoms with Crippen molar-refractivity contribution in [1.29, 1.82) is 0 Å². The first-order chi connectivity index (χ1) is 12.0. The van der Waals surface area contributed by atoms with Gasteiger partial charge in [-0.3, -0.25) is 4.79 Å². The van der Waals surface area contributed by atoms with Crippen molar-refractivity contribution < 1.29 is 14.3 Å². The summed E-state index contributed by atoms with van der Waals surface area (Å²) in [5.41, 5.74) is 2.95. The van der Waals surface area contributed by atoms with Gasteiger partial charge in [-0.15, -0.1) is 0 Å². The molecule has 1 amide bonds. The van der Waals surface area contributed by atoms with E-state index in [0.29, 0.717) is 17.1 Å². The topological polar surface area (TPSA) is 47.6 Å². The number of ether oxygens (including phenoxy) is 2. The maximum absolute atomic E-state index is 12.7. The maximum atomic E-state index is 12.7. The van der Waals surface area contributed by atoms with Crippen LogP contribution in [0.2, 0.25) is 0 Å². The van der Waals surface area contributed by atoms with E-state index >= 15 is 0 Å². The molecule has 0 fully saturated rings. The van der Waals surface area contributed by atoms with E-state index in [9.17, 15) is 4.79 Å². The van der Waals surface area contributed by atoms with Crippen LogP contribution in [0.1, 0.15) is 48.3 Å². The molecule has 2 aromatic carbocycles. The normalized spacial score (nSPS) is 11.9. The fourth-order valence-corrected chi connectivity index (χ4v) is 2.80. The Morgan fingerprint density at radius 2 is 1.64 bits per heavy atom. The first-order valence-corrected chi connectivity index (χ1v) is 8.61. The number of aryl methyl sites for hydroxylation is 1. The van der Waals surface area contributed by atoms with Crippen LogP contribution in [0.25, 0.3) is 0 Å². The first kappa shape index (κ1) is 18.8. The summed E-state index contributed by atoms with van der Waals surface area (Å²) in [6.45, 7) is 6.34. The number of hydrogen-bond acceptors (Lipinski definition) is 3. The largest absolute Gasteiger partial charge is 0.493 e. The highest BCUT2D eigenvalue weighted by atomic mass is 16.5. The molecule has 2 rings (SSSR count). The third-order valence-corrected chi connectivity index (χ3v) is 4.35. The minimum Gasteiger partial charge on any atom is -0.493 e. The Hall–Kier alpha value is -2.49. The predicted molar refractivity (Wildman–Crippen MR) is 100 cm³/mol. The van der Waals surface area contributed by atoms with Gasteiger partial charge in [0.25, 0.3) is 5.91 Å². The average molecular weight is 341 g/mol.